The minimum absolute atomic E-state index is 0.00480. The zero-order valence-corrected chi connectivity index (χ0v) is 50.0. The van der Waals surface area contributed by atoms with Crippen LogP contribution in [0.15, 0.2) is 54.1 Å². The third-order valence-corrected chi connectivity index (χ3v) is 16.1. The maximum atomic E-state index is 14.5. The summed E-state index contributed by atoms with van der Waals surface area (Å²) in [5, 5.41) is 28.4. The lowest BCUT2D eigenvalue weighted by atomic mass is 9.83. The molecule has 0 unspecified atom stereocenters. The van der Waals surface area contributed by atoms with Crippen molar-refractivity contribution in [3.05, 3.63) is 64.7 Å². The maximum Gasteiger partial charge on any atom is 0.411 e. The third kappa shape index (κ3) is 17.3. The van der Waals surface area contributed by atoms with Gasteiger partial charge in [-0.3, -0.25) is 39.4 Å². The average molecular weight is 1210 g/mol. The van der Waals surface area contributed by atoms with E-state index in [1.54, 1.807) is 45.2 Å². The Morgan fingerprint density at radius 2 is 1.60 bits per heavy atom. The van der Waals surface area contributed by atoms with E-state index in [0.29, 0.717) is 29.3 Å². The average Bonchev–Trinajstić information content (AvgIpc) is 1.68. The first-order valence-corrected chi connectivity index (χ1v) is 28.4. The summed E-state index contributed by atoms with van der Waals surface area (Å²) < 4.78 is 29.0. The summed E-state index contributed by atoms with van der Waals surface area (Å²) in [6.07, 6.45) is 1.19. The second-order valence-electron chi connectivity index (χ2n) is 22.4. The number of ether oxygens (including phenoxy) is 5. The van der Waals surface area contributed by atoms with E-state index in [1.165, 1.54) is 44.4 Å². The summed E-state index contributed by atoms with van der Waals surface area (Å²) in [4.78, 5) is 136. The predicted octanol–water partition coefficient (Wildman–Crippen LogP) is 5.43. The fourth-order valence-corrected chi connectivity index (χ4v) is 11.0. The number of allylic oxidation sites excluding steroid dienone is 3. The Bertz CT molecular complexity index is 2920. The van der Waals surface area contributed by atoms with Gasteiger partial charge in [-0.15, -0.1) is 5.06 Å². The summed E-state index contributed by atoms with van der Waals surface area (Å²) in [7, 11) is 5.77. The number of amides is 10. The topological polar surface area (TPSA) is 351 Å². The number of alkyl carbamates (subject to hydrolysis) is 1. The van der Waals surface area contributed by atoms with Crippen LogP contribution in [-0.4, -0.2) is 141 Å². The van der Waals surface area contributed by atoms with Gasteiger partial charge in [0.15, 0.2) is 5.72 Å². The van der Waals surface area contributed by atoms with Crippen molar-refractivity contribution in [3.8, 4) is 11.5 Å². The van der Waals surface area contributed by atoms with Crippen LogP contribution in [0, 0.1) is 23.2 Å². The van der Waals surface area contributed by atoms with Crippen LogP contribution in [0.2, 0.25) is 5.02 Å². The molecule has 0 spiro atoms. The first-order chi connectivity index (χ1) is 40.2. The van der Waals surface area contributed by atoms with E-state index in [4.69, 9.17) is 45.9 Å². The van der Waals surface area contributed by atoms with Crippen molar-refractivity contribution >= 4 is 88.3 Å². The molecule has 27 heteroatoms. The molecule has 3 aliphatic heterocycles. The number of carbonyl (C=O) groups is 10. The van der Waals surface area contributed by atoms with Crippen molar-refractivity contribution in [1.29, 1.82) is 0 Å². The number of benzene rings is 2. The molecule has 3 heterocycles. The van der Waals surface area contributed by atoms with Gasteiger partial charge in [0, 0.05) is 70.0 Å². The summed E-state index contributed by atoms with van der Waals surface area (Å²) in [5.41, 5.74) is 4.80. The number of carbonyl (C=O) groups excluding carboxylic acids is 10. The van der Waals surface area contributed by atoms with Crippen molar-refractivity contribution in [2.24, 2.45) is 28.9 Å². The molecule has 3 fully saturated rings. The second-order valence-corrected chi connectivity index (χ2v) is 22.7. The lowest BCUT2D eigenvalue weighted by molar-refractivity contribution is -0.197. The number of nitrogens with two attached hydrogens (primary N) is 1. The van der Waals surface area contributed by atoms with Gasteiger partial charge in [-0.05, 0) is 93.0 Å². The van der Waals surface area contributed by atoms with Crippen LogP contribution < -0.4 is 52.0 Å². The number of primary amides is 1. The van der Waals surface area contributed by atoms with Gasteiger partial charge in [-0.2, -0.15) is 0 Å². The Hall–Kier alpha value is -7.97. The second kappa shape index (κ2) is 29.2. The molecule has 4 bridgehead atoms. The first kappa shape index (κ1) is 66.2. The van der Waals surface area contributed by atoms with Crippen molar-refractivity contribution in [2.75, 3.05) is 50.5 Å². The number of nitrogens with one attached hydrogen (secondary N) is 6. The van der Waals surface area contributed by atoms with Gasteiger partial charge in [0.25, 0.3) is 11.8 Å². The van der Waals surface area contributed by atoms with Crippen LogP contribution in [-0.2, 0) is 59.0 Å². The molecule has 6 rings (SSSR count). The van der Waals surface area contributed by atoms with E-state index >= 15 is 0 Å². The molecule has 1 aliphatic carbocycles. The van der Waals surface area contributed by atoms with Gasteiger partial charge in [0.2, 0.25) is 23.6 Å². The van der Waals surface area contributed by atoms with Crippen LogP contribution in [0.3, 0.4) is 0 Å². The standard InChI is InChI=1S/C58H78ClN9O17/c1-31(2)51(65-45(69)17-10-11-18-49(73)85-68-46(70)21-22-47(68)71)53(75)64-38(15-13-23-61-54(60)76)52(74)63-37-20-19-35(27-40(37)80-7)62-55(77)84-44-28-48(72)67(6)39-25-34(26-41(81-8)50(39)59)24-32(3)14-12-16-43(82-9)58(79)30-42(83-56(78)66-58)33(4)36-29-57(36,44)5/h12,14,16,19-20,25-27,31,33,36,38,42-44,51,79H,10-11,13,15,17-18,21-24,28-30H2,1-9H3,(H,62,77)(H,63,74)(H,64,75)(H,65,69)(H,66,78)(H3,60,61,76)/b16-12+,32-14+/t33-,36-,38-,42-,43+,44-,51-,57+,58-/m0/s1. The van der Waals surface area contributed by atoms with E-state index in [9.17, 15) is 53.1 Å². The van der Waals surface area contributed by atoms with Gasteiger partial charge < -0.3 is 65.5 Å². The number of rotatable bonds is 21. The molecule has 0 radical (unpaired) electrons. The molecule has 9 atom stereocenters. The number of anilines is 3. The first-order valence-electron chi connectivity index (χ1n) is 28.1. The largest absolute Gasteiger partial charge is 0.495 e. The fraction of sp³-hybridized carbons (Fsp3) is 0.552. The normalized spacial score (nSPS) is 24.9. The summed E-state index contributed by atoms with van der Waals surface area (Å²) in [6.45, 7) is 9.07. The molecule has 0 aromatic heterocycles. The minimum Gasteiger partial charge on any atom is -0.495 e. The van der Waals surface area contributed by atoms with E-state index in [1.807, 2.05) is 26.8 Å². The lowest BCUT2D eigenvalue weighted by Gasteiger charge is -2.42. The van der Waals surface area contributed by atoms with Crippen LogP contribution >= 0.6 is 11.6 Å². The van der Waals surface area contributed by atoms with Gasteiger partial charge >= 0.3 is 24.2 Å². The van der Waals surface area contributed by atoms with Crippen molar-refractivity contribution < 1.29 is 81.6 Å². The molecule has 2 aromatic carbocycles. The SMILES string of the molecule is COc1cc(NC(=O)O[C@H]2CC(=O)N(C)c3cc(cc(OC)c3Cl)C/C(C)=C/C=C/[C@@H](OC)[C@@]3(O)C[C@H](OC(=O)N3)[C@@H](C)[C@@H]3C[C@@]23C)ccc1NC(=O)[C@H](CCCNC(N)=O)NC(=O)[C@@H](NC(=O)CCCCC(=O)ON1C(=O)CCC1=O)C(C)C. The fourth-order valence-electron chi connectivity index (χ4n) is 10.7. The Morgan fingerprint density at radius 3 is 2.26 bits per heavy atom. The molecular weight excluding hydrogens is 1130 g/mol. The van der Waals surface area contributed by atoms with Crippen molar-refractivity contribution in [2.45, 2.75) is 148 Å². The van der Waals surface area contributed by atoms with Crippen LogP contribution in [0.5, 0.6) is 11.5 Å². The van der Waals surface area contributed by atoms with Crippen molar-refractivity contribution in [3.63, 3.8) is 0 Å². The van der Waals surface area contributed by atoms with E-state index in [-0.39, 0.29) is 98.8 Å². The van der Waals surface area contributed by atoms with E-state index in [0.717, 1.165) is 11.1 Å². The molecule has 2 aromatic rings. The Morgan fingerprint density at radius 1 is 0.906 bits per heavy atom. The Balaban J connectivity index is 1.17. The Labute approximate surface area is 497 Å². The molecule has 2 saturated heterocycles. The van der Waals surface area contributed by atoms with E-state index in [2.05, 4.69) is 31.9 Å². The monoisotopic (exact) mass is 1210 g/mol. The summed E-state index contributed by atoms with van der Waals surface area (Å²) in [6, 6.07) is 4.69. The van der Waals surface area contributed by atoms with Crippen LogP contribution in [0.1, 0.15) is 111 Å². The highest BCUT2D eigenvalue weighted by Gasteiger charge is 2.62. The number of imide groups is 1. The van der Waals surface area contributed by atoms with Gasteiger partial charge in [-0.25, -0.2) is 19.2 Å². The number of fused-ring (bicyclic) bond motifs is 5. The number of methoxy groups -OCH3 is 3. The van der Waals surface area contributed by atoms with E-state index < -0.39 is 113 Å². The lowest BCUT2D eigenvalue weighted by Crippen LogP contribution is -2.63. The number of hydroxylamine groups is 2. The number of unbranched alkanes of at least 4 members (excludes halogenated alkanes) is 1. The minimum atomic E-state index is -1.86. The number of nitrogens with zero attached hydrogens (tertiary/aromatic N) is 2. The third-order valence-electron chi connectivity index (χ3n) is 15.7. The van der Waals surface area contributed by atoms with Gasteiger partial charge in [0.05, 0.1) is 32.0 Å². The van der Waals surface area contributed by atoms with Gasteiger partial charge in [0.1, 0.15) is 46.9 Å². The predicted molar refractivity (Wildman–Crippen MR) is 308 cm³/mol. The smallest absolute Gasteiger partial charge is 0.411 e. The van der Waals surface area contributed by atoms with Crippen molar-refractivity contribution in [1.82, 2.24) is 26.3 Å². The number of hydrogen-bond donors (Lipinski definition) is 8. The number of urea groups is 1. The van der Waals surface area contributed by atoms with Crippen LogP contribution in [0.25, 0.3) is 0 Å². The molecular formula is C58H78ClN9O17. The molecule has 26 nitrogen and oxygen atoms in total. The highest BCUT2D eigenvalue weighted by Crippen LogP contribution is 2.61. The number of aliphatic hydroxyl groups is 1. The van der Waals surface area contributed by atoms with Gasteiger partial charge in [-0.1, -0.05) is 63.1 Å². The quantitative estimate of drug-likeness (QED) is 0.0570. The zero-order chi connectivity index (χ0) is 62.5. The number of hydrogen-bond acceptors (Lipinski definition) is 17. The summed E-state index contributed by atoms with van der Waals surface area (Å²) in [5.74, 6) is -5.20. The number of halogens is 1. The molecule has 85 heavy (non-hydrogen) atoms. The Kier molecular flexibility index (Phi) is 22.7. The highest BCUT2D eigenvalue weighted by atomic mass is 35.5. The zero-order valence-electron chi connectivity index (χ0n) is 49.3. The highest BCUT2D eigenvalue weighted by molar-refractivity contribution is 6.35. The maximum absolute atomic E-state index is 14.5. The van der Waals surface area contributed by atoms with Crippen LogP contribution in [0.4, 0.5) is 31.4 Å². The molecule has 464 valence electrons. The molecule has 9 N–H and O–H groups in total. The molecule has 1 saturated carbocycles. The molecule has 4 aliphatic rings. The summed E-state index contributed by atoms with van der Waals surface area (Å²) >= 11 is 6.86. The molecule has 10 amide bonds.